The van der Waals surface area contributed by atoms with Gasteiger partial charge < -0.3 is 16.2 Å². The molecule has 1 fully saturated rings. The minimum atomic E-state index is -0.332. The second kappa shape index (κ2) is 7.31. The standard InChI is InChI=1S/C13H26N2O2.ClH/c1-9(16)7-13(2,3)8-15-12(17)10-4-5-11(14)6-10;/h9-11,16H,4-8,14H2,1-3H3,(H,15,17);1H. The summed E-state index contributed by atoms with van der Waals surface area (Å²) >= 11 is 0. The number of nitrogens with one attached hydrogen (secondary N) is 1. The zero-order valence-electron chi connectivity index (χ0n) is 11.6. The molecule has 1 saturated carbocycles. The van der Waals surface area contributed by atoms with E-state index in [1.807, 2.05) is 0 Å². The lowest BCUT2D eigenvalue weighted by Crippen LogP contribution is -2.38. The van der Waals surface area contributed by atoms with Crippen molar-refractivity contribution in [1.29, 1.82) is 0 Å². The molecule has 5 heteroatoms. The Morgan fingerprint density at radius 1 is 1.50 bits per heavy atom. The Balaban J connectivity index is 0.00000289. The molecular formula is C13H27ClN2O2. The van der Waals surface area contributed by atoms with E-state index in [4.69, 9.17) is 5.73 Å². The Bertz CT molecular complexity index is 270. The van der Waals surface area contributed by atoms with Gasteiger partial charge in [0.25, 0.3) is 0 Å². The predicted molar refractivity (Wildman–Crippen MR) is 75.7 cm³/mol. The molecule has 3 atom stereocenters. The molecule has 1 aliphatic rings. The van der Waals surface area contributed by atoms with Crippen LogP contribution in [0.1, 0.15) is 46.5 Å². The van der Waals surface area contributed by atoms with Crippen molar-refractivity contribution in [1.82, 2.24) is 5.32 Å². The van der Waals surface area contributed by atoms with Gasteiger partial charge in [-0.05, 0) is 38.0 Å². The highest BCUT2D eigenvalue weighted by molar-refractivity contribution is 5.85. The molecule has 3 unspecified atom stereocenters. The molecule has 0 bridgehead atoms. The van der Waals surface area contributed by atoms with Crippen LogP contribution in [-0.2, 0) is 4.79 Å². The van der Waals surface area contributed by atoms with E-state index >= 15 is 0 Å². The van der Waals surface area contributed by atoms with E-state index in [2.05, 4.69) is 19.2 Å². The van der Waals surface area contributed by atoms with Crippen LogP contribution in [0.4, 0.5) is 0 Å². The third-order valence-corrected chi connectivity index (χ3v) is 3.43. The summed E-state index contributed by atoms with van der Waals surface area (Å²) in [6.07, 6.45) is 3.03. The normalized spacial score (nSPS) is 25.4. The summed E-state index contributed by atoms with van der Waals surface area (Å²) in [4.78, 5) is 11.9. The van der Waals surface area contributed by atoms with Crippen LogP contribution in [0.3, 0.4) is 0 Å². The Morgan fingerprint density at radius 3 is 2.56 bits per heavy atom. The summed E-state index contributed by atoms with van der Waals surface area (Å²) in [6.45, 7) is 6.50. The molecule has 1 amide bonds. The van der Waals surface area contributed by atoms with Gasteiger partial charge in [-0.2, -0.15) is 0 Å². The molecule has 1 rings (SSSR count). The maximum Gasteiger partial charge on any atom is 0.223 e. The van der Waals surface area contributed by atoms with Crippen molar-refractivity contribution in [2.24, 2.45) is 17.1 Å². The number of hydrogen-bond acceptors (Lipinski definition) is 3. The van der Waals surface area contributed by atoms with Crippen molar-refractivity contribution in [3.63, 3.8) is 0 Å². The van der Waals surface area contributed by atoms with Crippen molar-refractivity contribution in [3.8, 4) is 0 Å². The molecular weight excluding hydrogens is 252 g/mol. The molecule has 108 valence electrons. The van der Waals surface area contributed by atoms with Crippen molar-refractivity contribution < 1.29 is 9.90 Å². The SMILES string of the molecule is CC(O)CC(C)(C)CNC(=O)C1CCC(N)C1.Cl. The molecule has 4 N–H and O–H groups in total. The number of amides is 1. The third-order valence-electron chi connectivity index (χ3n) is 3.43. The van der Waals surface area contributed by atoms with Gasteiger partial charge in [-0.15, -0.1) is 12.4 Å². The summed E-state index contributed by atoms with van der Waals surface area (Å²) in [5.74, 6) is 0.212. The van der Waals surface area contributed by atoms with Crippen molar-refractivity contribution in [3.05, 3.63) is 0 Å². The van der Waals surface area contributed by atoms with Crippen LogP contribution >= 0.6 is 12.4 Å². The van der Waals surface area contributed by atoms with Crippen LogP contribution in [0.5, 0.6) is 0 Å². The van der Waals surface area contributed by atoms with E-state index in [1.165, 1.54) is 0 Å². The van der Waals surface area contributed by atoms with Gasteiger partial charge in [0.15, 0.2) is 0 Å². The van der Waals surface area contributed by atoms with Gasteiger partial charge in [0.05, 0.1) is 6.10 Å². The van der Waals surface area contributed by atoms with E-state index < -0.39 is 0 Å². The van der Waals surface area contributed by atoms with Crippen molar-refractivity contribution >= 4 is 18.3 Å². The highest BCUT2D eigenvalue weighted by Gasteiger charge is 2.29. The van der Waals surface area contributed by atoms with E-state index in [-0.39, 0.29) is 41.8 Å². The first-order valence-corrected chi connectivity index (χ1v) is 6.51. The van der Waals surface area contributed by atoms with Gasteiger partial charge >= 0.3 is 0 Å². The molecule has 0 aromatic heterocycles. The van der Waals surface area contributed by atoms with Crippen LogP contribution in [-0.4, -0.2) is 29.7 Å². The van der Waals surface area contributed by atoms with E-state index in [0.717, 1.165) is 19.3 Å². The Labute approximate surface area is 116 Å². The Kier molecular flexibility index (Phi) is 7.18. The molecule has 0 spiro atoms. The van der Waals surface area contributed by atoms with Crippen molar-refractivity contribution in [2.45, 2.75) is 58.6 Å². The maximum absolute atomic E-state index is 11.9. The lowest BCUT2D eigenvalue weighted by molar-refractivity contribution is -0.125. The summed E-state index contributed by atoms with van der Waals surface area (Å²) in [7, 11) is 0. The molecule has 0 heterocycles. The number of aliphatic hydroxyl groups excluding tert-OH is 1. The quantitative estimate of drug-likeness (QED) is 0.712. The Morgan fingerprint density at radius 2 is 2.11 bits per heavy atom. The first-order valence-electron chi connectivity index (χ1n) is 6.51. The highest BCUT2D eigenvalue weighted by Crippen LogP contribution is 2.25. The van der Waals surface area contributed by atoms with E-state index in [1.54, 1.807) is 6.92 Å². The molecule has 18 heavy (non-hydrogen) atoms. The largest absolute Gasteiger partial charge is 0.393 e. The van der Waals surface area contributed by atoms with Gasteiger partial charge in [0.2, 0.25) is 5.91 Å². The van der Waals surface area contributed by atoms with Crippen LogP contribution in [0.15, 0.2) is 0 Å². The number of halogens is 1. The third kappa shape index (κ3) is 6.03. The molecule has 0 aromatic rings. The van der Waals surface area contributed by atoms with Gasteiger partial charge in [-0.3, -0.25) is 4.79 Å². The second-order valence-electron chi connectivity index (χ2n) is 6.21. The van der Waals surface area contributed by atoms with Gasteiger partial charge in [-0.25, -0.2) is 0 Å². The second-order valence-corrected chi connectivity index (χ2v) is 6.21. The average Bonchev–Trinajstić information content (AvgIpc) is 2.59. The summed E-state index contributed by atoms with van der Waals surface area (Å²) in [5, 5.41) is 12.4. The van der Waals surface area contributed by atoms with E-state index in [9.17, 15) is 9.90 Å². The number of hydrogen-bond donors (Lipinski definition) is 3. The molecule has 4 nitrogen and oxygen atoms in total. The highest BCUT2D eigenvalue weighted by atomic mass is 35.5. The number of nitrogens with two attached hydrogens (primary N) is 1. The number of rotatable bonds is 5. The fourth-order valence-electron chi connectivity index (χ4n) is 2.60. The summed E-state index contributed by atoms with van der Waals surface area (Å²) < 4.78 is 0. The lowest BCUT2D eigenvalue weighted by atomic mass is 9.87. The van der Waals surface area contributed by atoms with Gasteiger partial charge in [-0.1, -0.05) is 13.8 Å². The molecule has 0 radical (unpaired) electrons. The zero-order valence-corrected chi connectivity index (χ0v) is 12.4. The fourth-order valence-corrected chi connectivity index (χ4v) is 2.60. The number of carbonyl (C=O) groups excluding carboxylic acids is 1. The van der Waals surface area contributed by atoms with Crippen LogP contribution < -0.4 is 11.1 Å². The Hall–Kier alpha value is -0.320. The van der Waals surface area contributed by atoms with Gasteiger partial charge in [0, 0.05) is 18.5 Å². The summed E-state index contributed by atoms with van der Waals surface area (Å²) in [5.41, 5.74) is 5.73. The first-order chi connectivity index (χ1) is 7.80. The smallest absolute Gasteiger partial charge is 0.223 e. The minimum absolute atomic E-state index is 0. The molecule has 0 aromatic carbocycles. The molecule has 0 aliphatic heterocycles. The van der Waals surface area contributed by atoms with Crippen LogP contribution in [0, 0.1) is 11.3 Å². The lowest BCUT2D eigenvalue weighted by Gasteiger charge is -2.27. The summed E-state index contributed by atoms with van der Waals surface area (Å²) in [6, 6.07) is 0.191. The van der Waals surface area contributed by atoms with Crippen LogP contribution in [0.25, 0.3) is 0 Å². The molecule has 1 aliphatic carbocycles. The minimum Gasteiger partial charge on any atom is -0.393 e. The number of aliphatic hydroxyl groups is 1. The number of carbonyl (C=O) groups is 1. The van der Waals surface area contributed by atoms with E-state index in [0.29, 0.717) is 13.0 Å². The fraction of sp³-hybridized carbons (Fsp3) is 0.923. The molecule has 0 saturated heterocycles. The monoisotopic (exact) mass is 278 g/mol. The zero-order chi connectivity index (χ0) is 13.1. The maximum atomic E-state index is 11.9. The topological polar surface area (TPSA) is 75.3 Å². The first kappa shape index (κ1) is 17.7. The van der Waals surface area contributed by atoms with Crippen LogP contribution in [0.2, 0.25) is 0 Å². The van der Waals surface area contributed by atoms with Crippen molar-refractivity contribution in [2.75, 3.05) is 6.54 Å². The van der Waals surface area contributed by atoms with Gasteiger partial charge in [0.1, 0.15) is 0 Å². The average molecular weight is 279 g/mol. The predicted octanol–water partition coefficient (Wildman–Crippen LogP) is 1.45.